The summed E-state index contributed by atoms with van der Waals surface area (Å²) in [6.45, 7) is 4.86. The number of phenolic OH excluding ortho intramolecular Hbond substituents is 1. The lowest BCUT2D eigenvalue weighted by atomic mass is 10.0. The molecule has 0 radical (unpaired) electrons. The number of carbonyl (C=O) groups is 3. The Kier molecular flexibility index (Phi) is 5.59. The summed E-state index contributed by atoms with van der Waals surface area (Å²) in [5.74, 6) is -1.88. The van der Waals surface area contributed by atoms with E-state index in [1.165, 1.54) is 13.0 Å². The van der Waals surface area contributed by atoms with E-state index in [1.54, 1.807) is 19.9 Å². The van der Waals surface area contributed by atoms with Crippen molar-refractivity contribution in [2.45, 2.75) is 26.8 Å². The molecule has 0 saturated carbocycles. The molecule has 0 heterocycles. The predicted octanol–water partition coefficient (Wildman–Crippen LogP) is 1.47. The third-order valence-electron chi connectivity index (χ3n) is 3.72. The highest BCUT2D eigenvalue weighted by Crippen LogP contribution is 2.24. The first kappa shape index (κ1) is 18.3. The number of nitrogens with one attached hydrogen (secondary N) is 3. The number of hydrogen-bond donors (Lipinski definition) is 4. The second kappa shape index (κ2) is 7.65. The van der Waals surface area contributed by atoms with Crippen molar-refractivity contribution < 1.29 is 19.5 Å². The maximum absolute atomic E-state index is 12.3. The standard InChI is InChI=1S/C18H21N3O4/c1-10(2)16(19-11(3)22)18(25)21-20-17(24)14-8-12-6-4-5-7-13(12)9-15(14)23/h4-10,16,23H,1-3H3,(H,19,22)(H,20,24)(H,21,25). The van der Waals surface area contributed by atoms with E-state index >= 15 is 0 Å². The van der Waals surface area contributed by atoms with Crippen LogP contribution in [0.4, 0.5) is 0 Å². The van der Waals surface area contributed by atoms with Gasteiger partial charge in [-0.25, -0.2) is 0 Å². The van der Waals surface area contributed by atoms with Gasteiger partial charge in [0.25, 0.3) is 11.8 Å². The van der Waals surface area contributed by atoms with Crippen molar-refractivity contribution >= 4 is 28.5 Å². The SMILES string of the molecule is CC(=O)NC(C(=O)NNC(=O)c1cc2ccccc2cc1O)C(C)C. The van der Waals surface area contributed by atoms with Crippen LogP contribution in [-0.4, -0.2) is 28.9 Å². The lowest BCUT2D eigenvalue weighted by Crippen LogP contribution is -2.54. The zero-order valence-corrected chi connectivity index (χ0v) is 14.3. The van der Waals surface area contributed by atoms with E-state index in [9.17, 15) is 19.5 Å². The summed E-state index contributed by atoms with van der Waals surface area (Å²) < 4.78 is 0. The van der Waals surface area contributed by atoms with Crippen LogP contribution in [0.25, 0.3) is 10.8 Å². The van der Waals surface area contributed by atoms with Gasteiger partial charge in [0, 0.05) is 6.92 Å². The van der Waals surface area contributed by atoms with E-state index in [-0.39, 0.29) is 23.1 Å². The number of phenols is 1. The van der Waals surface area contributed by atoms with Gasteiger partial charge in [0.15, 0.2) is 0 Å². The number of rotatable bonds is 4. The number of benzene rings is 2. The summed E-state index contributed by atoms with van der Waals surface area (Å²) in [5.41, 5.74) is 4.58. The Morgan fingerprint density at radius 1 is 1.00 bits per heavy atom. The highest BCUT2D eigenvalue weighted by Gasteiger charge is 2.23. The molecule has 2 aromatic carbocycles. The second-order valence-electron chi connectivity index (χ2n) is 6.08. The average molecular weight is 343 g/mol. The molecule has 132 valence electrons. The number of aromatic hydroxyl groups is 1. The molecule has 0 fully saturated rings. The van der Waals surface area contributed by atoms with E-state index in [0.29, 0.717) is 0 Å². The van der Waals surface area contributed by atoms with Gasteiger partial charge in [0.05, 0.1) is 5.56 Å². The summed E-state index contributed by atoms with van der Waals surface area (Å²) in [4.78, 5) is 35.6. The summed E-state index contributed by atoms with van der Waals surface area (Å²) in [6, 6.07) is 9.54. The number of hydrazine groups is 1. The Bertz CT molecular complexity index is 817. The van der Waals surface area contributed by atoms with Crippen LogP contribution in [-0.2, 0) is 9.59 Å². The molecule has 2 aromatic rings. The molecule has 25 heavy (non-hydrogen) atoms. The van der Waals surface area contributed by atoms with Crippen molar-refractivity contribution in [3.8, 4) is 5.75 Å². The van der Waals surface area contributed by atoms with Gasteiger partial charge in [-0.05, 0) is 28.8 Å². The monoisotopic (exact) mass is 343 g/mol. The van der Waals surface area contributed by atoms with Gasteiger partial charge in [-0.3, -0.25) is 25.2 Å². The fourth-order valence-electron chi connectivity index (χ4n) is 2.43. The first-order chi connectivity index (χ1) is 11.8. The van der Waals surface area contributed by atoms with Crippen LogP contribution >= 0.6 is 0 Å². The molecule has 0 aliphatic carbocycles. The van der Waals surface area contributed by atoms with Gasteiger partial charge in [-0.2, -0.15) is 0 Å². The highest BCUT2D eigenvalue weighted by atomic mass is 16.3. The van der Waals surface area contributed by atoms with Crippen LogP contribution in [0.2, 0.25) is 0 Å². The number of hydrogen-bond acceptors (Lipinski definition) is 4. The molecule has 0 saturated heterocycles. The Morgan fingerprint density at radius 2 is 1.60 bits per heavy atom. The summed E-state index contributed by atoms with van der Waals surface area (Å²) in [5, 5.41) is 14.1. The van der Waals surface area contributed by atoms with E-state index in [4.69, 9.17) is 0 Å². The van der Waals surface area contributed by atoms with Crippen molar-refractivity contribution in [2.24, 2.45) is 5.92 Å². The van der Waals surface area contributed by atoms with E-state index in [0.717, 1.165) is 10.8 Å². The van der Waals surface area contributed by atoms with Crippen LogP contribution in [0.1, 0.15) is 31.1 Å². The summed E-state index contributed by atoms with van der Waals surface area (Å²) in [7, 11) is 0. The molecular weight excluding hydrogens is 322 g/mol. The van der Waals surface area contributed by atoms with Crippen molar-refractivity contribution in [1.29, 1.82) is 0 Å². The molecule has 0 aliphatic heterocycles. The number of amides is 3. The molecule has 1 unspecified atom stereocenters. The molecule has 0 aromatic heterocycles. The van der Waals surface area contributed by atoms with E-state index in [2.05, 4.69) is 16.2 Å². The third-order valence-corrected chi connectivity index (χ3v) is 3.72. The minimum Gasteiger partial charge on any atom is -0.507 e. The molecule has 7 heteroatoms. The Hall–Kier alpha value is -3.09. The van der Waals surface area contributed by atoms with Gasteiger partial charge in [0.1, 0.15) is 11.8 Å². The van der Waals surface area contributed by atoms with E-state index < -0.39 is 17.9 Å². The van der Waals surface area contributed by atoms with E-state index in [1.807, 2.05) is 24.3 Å². The molecule has 2 rings (SSSR count). The first-order valence-corrected chi connectivity index (χ1v) is 7.88. The van der Waals surface area contributed by atoms with Gasteiger partial charge in [-0.15, -0.1) is 0 Å². The Labute approximate surface area is 145 Å². The fraction of sp³-hybridized carbons (Fsp3) is 0.278. The predicted molar refractivity (Wildman–Crippen MR) is 93.7 cm³/mol. The van der Waals surface area contributed by atoms with Crippen LogP contribution < -0.4 is 16.2 Å². The Morgan fingerprint density at radius 3 is 2.16 bits per heavy atom. The number of carbonyl (C=O) groups excluding carboxylic acids is 3. The van der Waals surface area contributed by atoms with Gasteiger partial charge < -0.3 is 10.4 Å². The zero-order chi connectivity index (χ0) is 18.6. The Balaban J connectivity index is 2.10. The van der Waals surface area contributed by atoms with Crippen molar-refractivity contribution in [2.75, 3.05) is 0 Å². The minimum atomic E-state index is -0.775. The lowest BCUT2D eigenvalue weighted by Gasteiger charge is -2.21. The van der Waals surface area contributed by atoms with Crippen molar-refractivity contribution in [1.82, 2.24) is 16.2 Å². The first-order valence-electron chi connectivity index (χ1n) is 7.88. The molecule has 4 N–H and O–H groups in total. The molecular formula is C18H21N3O4. The minimum absolute atomic E-state index is 0.0413. The topological polar surface area (TPSA) is 108 Å². The van der Waals surface area contributed by atoms with Crippen molar-refractivity contribution in [3.05, 3.63) is 42.0 Å². The van der Waals surface area contributed by atoms with Gasteiger partial charge in [-0.1, -0.05) is 38.1 Å². The molecule has 0 spiro atoms. The largest absolute Gasteiger partial charge is 0.507 e. The number of fused-ring (bicyclic) bond motifs is 1. The van der Waals surface area contributed by atoms with Crippen molar-refractivity contribution in [3.63, 3.8) is 0 Å². The third kappa shape index (κ3) is 4.47. The zero-order valence-electron chi connectivity index (χ0n) is 14.3. The summed E-state index contributed by atoms with van der Waals surface area (Å²) >= 11 is 0. The van der Waals surface area contributed by atoms with Crippen LogP contribution in [0.5, 0.6) is 5.75 Å². The molecule has 7 nitrogen and oxygen atoms in total. The average Bonchev–Trinajstić information content (AvgIpc) is 2.56. The molecule has 0 bridgehead atoms. The van der Waals surface area contributed by atoms with Crippen LogP contribution in [0, 0.1) is 5.92 Å². The molecule has 3 amide bonds. The second-order valence-corrected chi connectivity index (χ2v) is 6.08. The highest BCUT2D eigenvalue weighted by molar-refractivity contribution is 6.02. The maximum Gasteiger partial charge on any atom is 0.273 e. The molecule has 1 atom stereocenters. The lowest BCUT2D eigenvalue weighted by molar-refractivity contribution is -0.129. The van der Waals surface area contributed by atoms with Gasteiger partial charge in [0.2, 0.25) is 5.91 Å². The summed E-state index contributed by atoms with van der Waals surface area (Å²) in [6.07, 6.45) is 0. The molecule has 0 aliphatic rings. The van der Waals surface area contributed by atoms with Crippen LogP contribution in [0.3, 0.4) is 0 Å². The maximum atomic E-state index is 12.3. The van der Waals surface area contributed by atoms with Crippen LogP contribution in [0.15, 0.2) is 36.4 Å². The smallest absolute Gasteiger partial charge is 0.273 e. The van der Waals surface area contributed by atoms with Gasteiger partial charge >= 0.3 is 0 Å². The normalized spacial score (nSPS) is 11.8. The fourth-order valence-corrected chi connectivity index (χ4v) is 2.43. The quantitative estimate of drug-likeness (QED) is 0.631.